The van der Waals surface area contributed by atoms with Gasteiger partial charge >= 0.3 is 39.5 Å². The number of esters is 4. The molecular formula is C80H156O17P2. The van der Waals surface area contributed by atoms with E-state index in [-0.39, 0.29) is 25.7 Å². The summed E-state index contributed by atoms with van der Waals surface area (Å²) in [6.45, 7) is 14.3. The number of phosphoric acid groups is 2. The molecule has 0 aromatic heterocycles. The molecule has 0 amide bonds. The van der Waals surface area contributed by atoms with Crippen molar-refractivity contribution in [2.24, 2.45) is 23.7 Å². The molecule has 0 radical (unpaired) electrons. The summed E-state index contributed by atoms with van der Waals surface area (Å²) in [6.07, 6.45) is 55.6. The number of phosphoric ester groups is 2. The van der Waals surface area contributed by atoms with E-state index in [0.29, 0.717) is 31.6 Å². The predicted molar refractivity (Wildman–Crippen MR) is 404 cm³/mol. The third-order valence-corrected chi connectivity index (χ3v) is 21.2. The lowest BCUT2D eigenvalue weighted by Gasteiger charge is -2.21. The maximum atomic E-state index is 13.1. The average molecular weight is 1450 g/mol. The molecule has 0 bridgehead atoms. The van der Waals surface area contributed by atoms with Gasteiger partial charge in [0.2, 0.25) is 0 Å². The lowest BCUT2D eigenvalue weighted by atomic mass is 9.99. The van der Waals surface area contributed by atoms with Gasteiger partial charge < -0.3 is 33.8 Å². The van der Waals surface area contributed by atoms with Crippen LogP contribution in [0.25, 0.3) is 0 Å². The molecule has 588 valence electrons. The normalized spacial score (nSPS) is 14.6. The summed E-state index contributed by atoms with van der Waals surface area (Å²) in [5.74, 6) is 1.01. The van der Waals surface area contributed by atoms with E-state index in [4.69, 9.17) is 37.0 Å². The summed E-state index contributed by atoms with van der Waals surface area (Å²) in [7, 11) is -9.92. The van der Waals surface area contributed by atoms with Crippen LogP contribution in [-0.4, -0.2) is 96.7 Å². The van der Waals surface area contributed by atoms with E-state index < -0.39 is 97.5 Å². The first-order valence-electron chi connectivity index (χ1n) is 41.3. The molecular weight excluding hydrogens is 1290 g/mol. The van der Waals surface area contributed by atoms with Gasteiger partial charge in [-0.1, -0.05) is 357 Å². The van der Waals surface area contributed by atoms with Gasteiger partial charge in [-0.25, -0.2) is 9.13 Å². The second-order valence-electron chi connectivity index (χ2n) is 30.2. The van der Waals surface area contributed by atoms with Gasteiger partial charge in [-0.15, -0.1) is 0 Å². The minimum Gasteiger partial charge on any atom is -0.462 e. The minimum atomic E-state index is -4.96. The molecule has 5 unspecified atom stereocenters. The van der Waals surface area contributed by atoms with Crippen molar-refractivity contribution in [3.8, 4) is 0 Å². The number of unbranched alkanes of at least 4 members (excludes halogenated alkanes) is 41. The Bertz CT molecular complexity index is 1940. The number of carbonyl (C=O) groups is 4. The Balaban J connectivity index is 5.19. The summed E-state index contributed by atoms with van der Waals surface area (Å²) in [4.78, 5) is 72.9. The summed E-state index contributed by atoms with van der Waals surface area (Å²) in [5.41, 5.74) is 0. The molecule has 17 nitrogen and oxygen atoms in total. The summed E-state index contributed by atoms with van der Waals surface area (Å²) in [5, 5.41) is 10.6. The SMILES string of the molecule is CCC(C)CCCCCCCCCCCCCCCCCCCCC(=O)O[C@H](COC(=O)CCCCCCCCCC(C)C)COP(=O)(O)OCC(O)COP(=O)(O)OC[C@@H](COC(=O)CCCCCCCCCCC(C)CC)OC(=O)CCCCCCCCCCCCCCC(C)C. The van der Waals surface area contributed by atoms with Crippen LogP contribution < -0.4 is 0 Å². The summed E-state index contributed by atoms with van der Waals surface area (Å²) < 4.78 is 68.6. The molecule has 0 saturated heterocycles. The van der Waals surface area contributed by atoms with Crippen LogP contribution in [0.5, 0.6) is 0 Å². The maximum absolute atomic E-state index is 13.1. The molecule has 0 aromatic carbocycles. The molecule has 0 aliphatic carbocycles. The summed E-state index contributed by atoms with van der Waals surface area (Å²) in [6, 6.07) is 0. The van der Waals surface area contributed by atoms with Crippen LogP contribution in [0, 0.1) is 23.7 Å². The van der Waals surface area contributed by atoms with Crippen LogP contribution in [0.1, 0.15) is 409 Å². The molecule has 3 N–H and O–H groups in total. The van der Waals surface area contributed by atoms with Crippen molar-refractivity contribution < 1.29 is 80.2 Å². The highest BCUT2D eigenvalue weighted by atomic mass is 31.2. The van der Waals surface area contributed by atoms with E-state index in [1.807, 2.05) is 0 Å². The van der Waals surface area contributed by atoms with Gasteiger partial charge in [0.25, 0.3) is 0 Å². The summed E-state index contributed by atoms with van der Waals surface area (Å²) >= 11 is 0. The fourth-order valence-electron chi connectivity index (χ4n) is 12.2. The molecule has 0 heterocycles. The second-order valence-corrected chi connectivity index (χ2v) is 33.1. The van der Waals surface area contributed by atoms with Crippen molar-refractivity contribution in [2.45, 2.75) is 427 Å². The molecule has 19 heteroatoms. The van der Waals surface area contributed by atoms with Crippen LogP contribution in [-0.2, 0) is 65.4 Å². The first kappa shape index (κ1) is 97.1. The van der Waals surface area contributed by atoms with Gasteiger partial charge in [0.15, 0.2) is 12.2 Å². The Morgan fingerprint density at radius 1 is 0.283 bits per heavy atom. The van der Waals surface area contributed by atoms with E-state index in [0.717, 1.165) is 114 Å². The van der Waals surface area contributed by atoms with Gasteiger partial charge in [0.1, 0.15) is 19.3 Å². The van der Waals surface area contributed by atoms with Crippen molar-refractivity contribution in [2.75, 3.05) is 39.6 Å². The Hall–Kier alpha value is -1.94. The number of carbonyl (C=O) groups excluding carboxylic acids is 4. The molecule has 0 fully saturated rings. The van der Waals surface area contributed by atoms with E-state index in [1.54, 1.807) is 0 Å². The number of ether oxygens (including phenoxy) is 4. The zero-order valence-electron chi connectivity index (χ0n) is 65.1. The molecule has 0 aromatic rings. The fraction of sp³-hybridized carbons (Fsp3) is 0.950. The van der Waals surface area contributed by atoms with Crippen molar-refractivity contribution in [1.29, 1.82) is 0 Å². The topological polar surface area (TPSA) is 237 Å². The highest BCUT2D eigenvalue weighted by Crippen LogP contribution is 2.45. The van der Waals surface area contributed by atoms with Crippen molar-refractivity contribution in [3.63, 3.8) is 0 Å². The zero-order valence-corrected chi connectivity index (χ0v) is 66.9. The maximum Gasteiger partial charge on any atom is 0.472 e. The van der Waals surface area contributed by atoms with Gasteiger partial charge in [-0.2, -0.15) is 0 Å². The van der Waals surface area contributed by atoms with Crippen LogP contribution in [0.15, 0.2) is 0 Å². The van der Waals surface area contributed by atoms with Crippen LogP contribution >= 0.6 is 15.6 Å². The molecule has 0 saturated carbocycles. The fourth-order valence-corrected chi connectivity index (χ4v) is 13.8. The zero-order chi connectivity index (χ0) is 73.1. The quantitative estimate of drug-likeness (QED) is 0.0222. The average Bonchev–Trinajstić information content (AvgIpc) is 1.14. The number of rotatable bonds is 77. The Morgan fingerprint density at radius 3 is 0.717 bits per heavy atom. The highest BCUT2D eigenvalue weighted by molar-refractivity contribution is 7.47. The number of hydrogen-bond donors (Lipinski definition) is 3. The van der Waals surface area contributed by atoms with Gasteiger partial charge in [-0.05, 0) is 49.4 Å². The van der Waals surface area contributed by atoms with Crippen molar-refractivity contribution in [1.82, 2.24) is 0 Å². The Labute approximate surface area is 607 Å². The highest BCUT2D eigenvalue weighted by Gasteiger charge is 2.30. The standard InChI is InChI=1S/C80H156O17P2/c1-9-72(7)58-50-42-34-26-22-17-15-13-11-12-14-16-18-23-27-37-46-54-62-79(84)97-76(67-91-78(83)61-53-45-39-31-33-41-49-57-71(5)6)69-95-99(88,89)93-65-74(81)64-92-98(86,87)94-68-75(66-90-77(82)60-52-44-36-30-29-35-43-51-59-73(8)10-2)96-80(85)63-55-47-38-28-24-20-19-21-25-32-40-48-56-70(3)4/h70-76,81H,9-69H2,1-8H3,(H,86,87)(H,88,89)/t72?,73?,74?,75-,76-/m1/s1. The minimum absolute atomic E-state index is 0.106. The van der Waals surface area contributed by atoms with Gasteiger partial charge in [0.05, 0.1) is 26.4 Å². The van der Waals surface area contributed by atoms with Crippen molar-refractivity contribution in [3.05, 3.63) is 0 Å². The largest absolute Gasteiger partial charge is 0.472 e. The molecule has 99 heavy (non-hydrogen) atoms. The Morgan fingerprint density at radius 2 is 0.485 bits per heavy atom. The van der Waals surface area contributed by atoms with E-state index in [9.17, 15) is 43.2 Å². The Kier molecular flexibility index (Phi) is 67.8. The van der Waals surface area contributed by atoms with E-state index in [2.05, 4.69) is 55.4 Å². The molecule has 0 spiro atoms. The van der Waals surface area contributed by atoms with E-state index in [1.165, 1.54) is 205 Å². The first-order valence-corrected chi connectivity index (χ1v) is 44.3. The van der Waals surface area contributed by atoms with Crippen LogP contribution in [0.3, 0.4) is 0 Å². The molecule has 0 aliphatic heterocycles. The third kappa shape index (κ3) is 71.5. The molecule has 7 atom stereocenters. The monoisotopic (exact) mass is 1450 g/mol. The molecule has 0 aliphatic rings. The second kappa shape index (κ2) is 69.1. The number of hydrogen-bond acceptors (Lipinski definition) is 15. The number of aliphatic hydroxyl groups excluding tert-OH is 1. The van der Waals surface area contributed by atoms with Crippen molar-refractivity contribution >= 4 is 39.5 Å². The van der Waals surface area contributed by atoms with Crippen LogP contribution in [0.4, 0.5) is 0 Å². The van der Waals surface area contributed by atoms with Crippen LogP contribution in [0.2, 0.25) is 0 Å². The van der Waals surface area contributed by atoms with Gasteiger partial charge in [-0.3, -0.25) is 37.3 Å². The smallest absolute Gasteiger partial charge is 0.462 e. The number of aliphatic hydroxyl groups is 1. The predicted octanol–water partition coefficient (Wildman–Crippen LogP) is 23.6. The lowest BCUT2D eigenvalue weighted by molar-refractivity contribution is -0.161. The van der Waals surface area contributed by atoms with E-state index >= 15 is 0 Å². The van der Waals surface area contributed by atoms with Gasteiger partial charge in [0, 0.05) is 25.7 Å². The first-order chi connectivity index (χ1) is 47.7. The third-order valence-electron chi connectivity index (χ3n) is 19.3. The molecule has 0 rings (SSSR count). The lowest BCUT2D eigenvalue weighted by Crippen LogP contribution is -2.30.